The van der Waals surface area contributed by atoms with Gasteiger partial charge in [0.15, 0.2) is 9.84 Å². The molecule has 0 bridgehead atoms. The quantitative estimate of drug-likeness (QED) is 0.765. The number of carbonyl (C=O) groups is 1. The Labute approximate surface area is 98.9 Å². The molecule has 88 valence electrons. The van der Waals surface area contributed by atoms with E-state index in [0.717, 1.165) is 18.0 Å². The molecule has 0 atom stereocenters. The number of ether oxygens (including phenoxy) is 1. The summed E-state index contributed by atoms with van der Waals surface area (Å²) in [5, 5.41) is -0.382. The van der Waals surface area contributed by atoms with Crippen molar-refractivity contribution in [1.82, 2.24) is 0 Å². The van der Waals surface area contributed by atoms with Crippen LogP contribution >= 0.6 is 11.8 Å². The van der Waals surface area contributed by atoms with Gasteiger partial charge in [-0.25, -0.2) is 8.42 Å². The summed E-state index contributed by atoms with van der Waals surface area (Å²) in [5.74, 6) is 0.254. The number of sulfone groups is 1. The van der Waals surface area contributed by atoms with Crippen LogP contribution in [-0.4, -0.2) is 32.7 Å². The topological polar surface area (TPSA) is 60.4 Å². The van der Waals surface area contributed by atoms with Crippen molar-refractivity contribution in [3.05, 3.63) is 24.3 Å². The summed E-state index contributed by atoms with van der Waals surface area (Å²) < 4.78 is 26.7. The first-order chi connectivity index (χ1) is 7.40. The third-order valence-corrected chi connectivity index (χ3v) is 3.52. The molecule has 16 heavy (non-hydrogen) atoms. The van der Waals surface area contributed by atoms with Crippen molar-refractivity contribution in [2.45, 2.75) is 4.90 Å². The zero-order valence-corrected chi connectivity index (χ0v) is 10.6. The fourth-order valence-corrected chi connectivity index (χ4v) is 2.86. The molecular weight excluding hydrogens is 248 g/mol. The first-order valence-electron chi connectivity index (χ1n) is 4.43. The maximum atomic E-state index is 11.3. The summed E-state index contributed by atoms with van der Waals surface area (Å²) in [6.45, 7) is 0. The van der Waals surface area contributed by atoms with Gasteiger partial charge in [-0.3, -0.25) is 4.79 Å². The smallest absolute Gasteiger partial charge is 0.208 e. The van der Waals surface area contributed by atoms with Crippen LogP contribution in [0, 0.1) is 0 Å². The molecule has 6 heteroatoms. The van der Waals surface area contributed by atoms with Gasteiger partial charge >= 0.3 is 0 Å². The van der Waals surface area contributed by atoms with E-state index in [9.17, 15) is 13.2 Å². The van der Waals surface area contributed by atoms with Crippen LogP contribution in [0.5, 0.6) is 5.75 Å². The molecular formula is C10H12O4S2. The maximum absolute atomic E-state index is 11.3. The highest BCUT2D eigenvalue weighted by Crippen LogP contribution is 2.22. The highest BCUT2D eigenvalue weighted by Gasteiger charge is 2.12. The fourth-order valence-electron chi connectivity index (χ4n) is 1.02. The van der Waals surface area contributed by atoms with Crippen molar-refractivity contribution in [2.24, 2.45) is 0 Å². The van der Waals surface area contributed by atoms with Gasteiger partial charge in [0.05, 0.1) is 7.11 Å². The van der Waals surface area contributed by atoms with Crippen LogP contribution in [0.3, 0.4) is 0 Å². The first kappa shape index (κ1) is 13.1. The number of thioether (sulfide) groups is 1. The molecule has 0 aliphatic carbocycles. The van der Waals surface area contributed by atoms with Gasteiger partial charge in [0.2, 0.25) is 5.12 Å². The van der Waals surface area contributed by atoms with Crippen LogP contribution in [0.25, 0.3) is 0 Å². The molecule has 0 amide bonds. The van der Waals surface area contributed by atoms with E-state index in [4.69, 9.17) is 4.74 Å². The Bertz CT molecular complexity index is 462. The van der Waals surface area contributed by atoms with Gasteiger partial charge in [-0.15, -0.1) is 0 Å². The zero-order chi connectivity index (χ0) is 12.2. The van der Waals surface area contributed by atoms with E-state index in [2.05, 4.69) is 0 Å². The van der Waals surface area contributed by atoms with Crippen molar-refractivity contribution in [3.63, 3.8) is 0 Å². The third-order valence-electron chi connectivity index (χ3n) is 1.67. The number of carbonyl (C=O) groups excluding carboxylic acids is 1. The second-order valence-electron chi connectivity index (χ2n) is 3.22. The van der Waals surface area contributed by atoms with E-state index in [1.165, 1.54) is 0 Å². The molecule has 1 aromatic carbocycles. The Kier molecular flexibility index (Phi) is 4.37. The zero-order valence-electron chi connectivity index (χ0n) is 8.97. The van der Waals surface area contributed by atoms with Gasteiger partial charge in [0, 0.05) is 11.2 Å². The van der Waals surface area contributed by atoms with Gasteiger partial charge in [-0.2, -0.15) is 0 Å². The Balaban J connectivity index is 2.63. The van der Waals surface area contributed by atoms with Crippen LogP contribution < -0.4 is 4.74 Å². The highest BCUT2D eigenvalue weighted by atomic mass is 32.2. The first-order valence-corrected chi connectivity index (χ1v) is 7.31. The lowest BCUT2D eigenvalue weighted by atomic mass is 10.3. The maximum Gasteiger partial charge on any atom is 0.208 e. The Morgan fingerprint density at radius 1 is 1.31 bits per heavy atom. The second-order valence-corrected chi connectivity index (χ2v) is 6.49. The van der Waals surface area contributed by atoms with E-state index < -0.39 is 15.6 Å². The molecule has 0 aromatic heterocycles. The predicted octanol–water partition coefficient (Wildman–Crippen LogP) is 1.36. The molecule has 0 radical (unpaired) electrons. The van der Waals surface area contributed by atoms with Crippen LogP contribution in [0.1, 0.15) is 0 Å². The molecule has 0 unspecified atom stereocenters. The molecule has 0 heterocycles. The largest absolute Gasteiger partial charge is 0.497 e. The molecule has 4 nitrogen and oxygen atoms in total. The second kappa shape index (κ2) is 5.36. The molecule has 1 rings (SSSR count). The monoisotopic (exact) mass is 260 g/mol. The van der Waals surface area contributed by atoms with Crippen LogP contribution in [-0.2, 0) is 14.6 Å². The fraction of sp³-hybridized carbons (Fsp3) is 0.300. The highest BCUT2D eigenvalue weighted by molar-refractivity contribution is 8.15. The van der Waals surface area contributed by atoms with E-state index in [1.54, 1.807) is 31.4 Å². The molecule has 0 fully saturated rings. The van der Waals surface area contributed by atoms with Gasteiger partial charge in [0.1, 0.15) is 11.5 Å². The van der Waals surface area contributed by atoms with Crippen LogP contribution in [0.15, 0.2) is 29.2 Å². The molecule has 0 aliphatic rings. The lowest BCUT2D eigenvalue weighted by molar-refractivity contribution is -0.108. The molecule has 0 saturated heterocycles. The van der Waals surface area contributed by atoms with Crippen molar-refractivity contribution in [2.75, 3.05) is 19.1 Å². The Morgan fingerprint density at radius 3 is 2.31 bits per heavy atom. The van der Waals surface area contributed by atoms with E-state index in [-0.39, 0.29) is 5.12 Å². The summed E-state index contributed by atoms with van der Waals surface area (Å²) in [6.07, 6.45) is 1.04. The number of hydrogen-bond donors (Lipinski definition) is 0. The van der Waals surface area contributed by atoms with Crippen molar-refractivity contribution in [3.8, 4) is 5.75 Å². The predicted molar refractivity (Wildman–Crippen MR) is 63.6 cm³/mol. The van der Waals surface area contributed by atoms with Gasteiger partial charge in [-0.1, -0.05) is 11.8 Å². The molecule has 0 spiro atoms. The van der Waals surface area contributed by atoms with Gasteiger partial charge < -0.3 is 4.74 Å². The summed E-state index contributed by atoms with van der Waals surface area (Å²) in [7, 11) is -1.70. The van der Waals surface area contributed by atoms with Crippen molar-refractivity contribution < 1.29 is 17.9 Å². The Morgan fingerprint density at radius 2 is 1.88 bits per heavy atom. The van der Waals surface area contributed by atoms with Crippen LogP contribution in [0.2, 0.25) is 0 Å². The minimum Gasteiger partial charge on any atom is -0.497 e. The normalized spacial score (nSPS) is 11.1. The number of methoxy groups -OCH3 is 1. The van der Waals surface area contributed by atoms with Gasteiger partial charge in [-0.05, 0) is 24.3 Å². The molecule has 0 saturated carbocycles. The number of rotatable bonds is 4. The number of hydrogen-bond acceptors (Lipinski definition) is 5. The summed E-state index contributed by atoms with van der Waals surface area (Å²) >= 11 is 0.916. The van der Waals surface area contributed by atoms with E-state index in [1.807, 2.05) is 0 Å². The summed E-state index contributed by atoms with van der Waals surface area (Å²) in [6, 6.07) is 6.86. The van der Waals surface area contributed by atoms with E-state index >= 15 is 0 Å². The van der Waals surface area contributed by atoms with Crippen LogP contribution in [0.4, 0.5) is 0 Å². The molecule has 0 aliphatic heterocycles. The molecule has 0 N–H and O–H groups in total. The Hall–Kier alpha value is -1.01. The summed E-state index contributed by atoms with van der Waals surface area (Å²) in [4.78, 5) is 12.0. The van der Waals surface area contributed by atoms with Gasteiger partial charge in [0.25, 0.3) is 0 Å². The van der Waals surface area contributed by atoms with Crippen molar-refractivity contribution >= 4 is 26.7 Å². The molecule has 1 aromatic rings. The third kappa shape index (κ3) is 4.67. The SMILES string of the molecule is COc1ccc(SC(=O)CS(C)(=O)=O)cc1. The standard InChI is InChI=1S/C10H12O4S2/c1-14-8-3-5-9(6-4-8)15-10(11)7-16(2,12)13/h3-6H,7H2,1-2H3. The average Bonchev–Trinajstić information content (AvgIpc) is 2.16. The number of benzene rings is 1. The van der Waals surface area contributed by atoms with Crippen molar-refractivity contribution in [1.29, 1.82) is 0 Å². The summed E-state index contributed by atoms with van der Waals surface area (Å²) in [5.41, 5.74) is 0. The van der Waals surface area contributed by atoms with E-state index in [0.29, 0.717) is 10.6 Å². The minimum absolute atomic E-state index is 0.382. The lowest BCUT2D eigenvalue weighted by Gasteiger charge is -2.02. The minimum atomic E-state index is -3.25. The average molecular weight is 260 g/mol. The lowest BCUT2D eigenvalue weighted by Crippen LogP contribution is -2.10.